The van der Waals surface area contributed by atoms with Crippen LogP contribution < -0.4 is 10.1 Å². The van der Waals surface area contributed by atoms with Crippen molar-refractivity contribution in [3.63, 3.8) is 0 Å². The minimum atomic E-state index is -0.357. The Bertz CT molecular complexity index is 1180. The normalized spacial score (nSPS) is 13.6. The second kappa shape index (κ2) is 9.69. The summed E-state index contributed by atoms with van der Waals surface area (Å²) in [6, 6.07) is 16.9. The minimum absolute atomic E-state index is 0.157. The average molecular weight is 442 g/mol. The molecule has 0 spiro atoms. The van der Waals surface area contributed by atoms with Gasteiger partial charge in [0.1, 0.15) is 11.4 Å². The first-order chi connectivity index (χ1) is 16.0. The number of anilines is 1. The lowest BCUT2D eigenvalue weighted by molar-refractivity contribution is -0.137. The summed E-state index contributed by atoms with van der Waals surface area (Å²) in [5.41, 5.74) is 4.99. The minimum Gasteiger partial charge on any atom is -0.494 e. The molecule has 0 bridgehead atoms. The largest absolute Gasteiger partial charge is 0.494 e. The number of aromatic nitrogens is 1. The van der Waals surface area contributed by atoms with Crippen LogP contribution in [0, 0.1) is 13.8 Å². The van der Waals surface area contributed by atoms with E-state index in [1.807, 2.05) is 63.2 Å². The van der Waals surface area contributed by atoms with Crippen LogP contribution in [0.5, 0.6) is 5.75 Å². The lowest BCUT2D eigenvalue weighted by atomic mass is 10.0. The maximum Gasteiger partial charge on any atom is 0.278 e. The summed E-state index contributed by atoms with van der Waals surface area (Å²) in [4.78, 5) is 32.3. The maximum atomic E-state index is 13.5. The van der Waals surface area contributed by atoms with Crippen LogP contribution in [0.15, 0.2) is 72.7 Å². The van der Waals surface area contributed by atoms with Crippen molar-refractivity contribution in [3.8, 4) is 5.75 Å². The van der Waals surface area contributed by atoms with Crippen LogP contribution in [-0.2, 0) is 16.1 Å². The molecule has 0 atom stereocenters. The molecule has 2 heterocycles. The van der Waals surface area contributed by atoms with Crippen LogP contribution in [0.25, 0.3) is 5.57 Å². The van der Waals surface area contributed by atoms with Gasteiger partial charge in [0.25, 0.3) is 11.8 Å². The molecule has 168 valence electrons. The third-order valence-corrected chi connectivity index (χ3v) is 5.34. The number of nitrogens with zero attached hydrogens (tertiary/aromatic N) is 2. The summed E-state index contributed by atoms with van der Waals surface area (Å²) < 4.78 is 5.67. The Morgan fingerprint density at radius 2 is 1.70 bits per heavy atom. The number of pyridine rings is 1. The van der Waals surface area contributed by atoms with Crippen molar-refractivity contribution in [2.24, 2.45) is 0 Å². The van der Waals surface area contributed by atoms with Crippen molar-refractivity contribution < 1.29 is 14.3 Å². The van der Waals surface area contributed by atoms with Crippen molar-refractivity contribution in [3.05, 3.63) is 94.9 Å². The zero-order chi connectivity index (χ0) is 23.4. The van der Waals surface area contributed by atoms with Gasteiger partial charge in [-0.15, -0.1) is 0 Å². The highest BCUT2D eigenvalue weighted by Gasteiger charge is 2.39. The van der Waals surface area contributed by atoms with Crippen LogP contribution in [0.3, 0.4) is 0 Å². The Hall–Kier alpha value is -3.93. The standard InChI is InChI=1S/C27H27N3O3/c1-4-12-33-23-9-7-21(8-10-23)24-25(29-22-14-18(2)13-19(3)15-22)27(32)30(26(24)31)17-20-6-5-11-28-16-20/h5-11,13-16,29H,4,12,17H2,1-3H3. The molecule has 6 heteroatoms. The van der Waals surface area contributed by atoms with Crippen LogP contribution in [0.1, 0.15) is 35.6 Å². The van der Waals surface area contributed by atoms with Crippen molar-refractivity contribution in [2.45, 2.75) is 33.7 Å². The molecule has 1 aliphatic heterocycles. The van der Waals surface area contributed by atoms with Gasteiger partial charge in [-0.2, -0.15) is 0 Å². The van der Waals surface area contributed by atoms with E-state index in [1.54, 1.807) is 18.5 Å². The number of carbonyl (C=O) groups excluding carboxylic acids is 2. The first kappa shape index (κ1) is 22.3. The molecule has 4 rings (SSSR count). The number of hydrogen-bond acceptors (Lipinski definition) is 5. The van der Waals surface area contributed by atoms with E-state index >= 15 is 0 Å². The van der Waals surface area contributed by atoms with E-state index in [1.165, 1.54) is 4.90 Å². The first-order valence-electron chi connectivity index (χ1n) is 11.0. The topological polar surface area (TPSA) is 71.5 Å². The molecule has 0 saturated carbocycles. The fourth-order valence-corrected chi connectivity index (χ4v) is 3.91. The molecule has 0 aliphatic carbocycles. The summed E-state index contributed by atoms with van der Waals surface area (Å²) in [7, 11) is 0. The fraction of sp³-hybridized carbons (Fsp3) is 0.222. The highest BCUT2D eigenvalue weighted by atomic mass is 16.5. The van der Waals surface area contributed by atoms with Gasteiger partial charge in [-0.05, 0) is 72.9 Å². The number of aryl methyl sites for hydroxylation is 2. The Labute approximate surface area is 193 Å². The Morgan fingerprint density at radius 3 is 2.33 bits per heavy atom. The number of imide groups is 1. The predicted octanol–water partition coefficient (Wildman–Crippen LogP) is 4.88. The molecule has 2 aromatic carbocycles. The summed E-state index contributed by atoms with van der Waals surface area (Å²) in [5, 5.41) is 3.24. The SMILES string of the molecule is CCCOc1ccc(C2=C(Nc3cc(C)cc(C)c3)C(=O)N(Cc3cccnc3)C2=O)cc1. The molecule has 6 nitrogen and oxygen atoms in total. The molecule has 1 aliphatic rings. The van der Waals surface area contributed by atoms with E-state index in [4.69, 9.17) is 4.74 Å². The Balaban J connectivity index is 1.72. The van der Waals surface area contributed by atoms with Crippen LogP contribution >= 0.6 is 0 Å². The lowest BCUT2D eigenvalue weighted by Gasteiger charge is -2.15. The van der Waals surface area contributed by atoms with E-state index in [0.29, 0.717) is 17.7 Å². The quantitative estimate of drug-likeness (QED) is 0.505. The first-order valence-corrected chi connectivity index (χ1v) is 11.0. The van der Waals surface area contributed by atoms with Gasteiger partial charge in [-0.1, -0.05) is 31.2 Å². The van der Waals surface area contributed by atoms with E-state index in [0.717, 1.165) is 34.5 Å². The van der Waals surface area contributed by atoms with Gasteiger partial charge in [0, 0.05) is 18.1 Å². The molecule has 2 amide bonds. The number of nitrogens with one attached hydrogen (secondary N) is 1. The highest BCUT2D eigenvalue weighted by molar-refractivity contribution is 6.36. The highest BCUT2D eigenvalue weighted by Crippen LogP contribution is 2.32. The van der Waals surface area contributed by atoms with Crippen molar-refractivity contribution in [2.75, 3.05) is 11.9 Å². The number of amides is 2. The van der Waals surface area contributed by atoms with E-state index in [2.05, 4.69) is 16.4 Å². The average Bonchev–Trinajstić information content (AvgIpc) is 3.02. The lowest BCUT2D eigenvalue weighted by Crippen LogP contribution is -2.32. The van der Waals surface area contributed by atoms with Crippen LogP contribution in [-0.4, -0.2) is 28.3 Å². The van der Waals surface area contributed by atoms with Crippen LogP contribution in [0.4, 0.5) is 5.69 Å². The Kier molecular flexibility index (Phi) is 6.54. The van der Waals surface area contributed by atoms with Crippen molar-refractivity contribution >= 4 is 23.1 Å². The molecule has 33 heavy (non-hydrogen) atoms. The molecule has 0 radical (unpaired) electrons. The monoisotopic (exact) mass is 441 g/mol. The van der Waals surface area contributed by atoms with Gasteiger partial charge >= 0.3 is 0 Å². The third-order valence-electron chi connectivity index (χ3n) is 5.34. The molecule has 1 aromatic heterocycles. The summed E-state index contributed by atoms with van der Waals surface area (Å²) in [6.45, 7) is 6.82. The molecule has 1 N–H and O–H groups in total. The Morgan fingerprint density at radius 1 is 0.970 bits per heavy atom. The summed E-state index contributed by atoms with van der Waals surface area (Å²) in [6.07, 6.45) is 4.23. The van der Waals surface area contributed by atoms with E-state index < -0.39 is 0 Å². The molecule has 3 aromatic rings. The zero-order valence-corrected chi connectivity index (χ0v) is 19.1. The summed E-state index contributed by atoms with van der Waals surface area (Å²) >= 11 is 0. The second-order valence-corrected chi connectivity index (χ2v) is 8.18. The van der Waals surface area contributed by atoms with Crippen molar-refractivity contribution in [1.82, 2.24) is 9.88 Å². The molecule has 0 saturated heterocycles. The second-order valence-electron chi connectivity index (χ2n) is 8.18. The number of hydrogen-bond donors (Lipinski definition) is 1. The van der Waals surface area contributed by atoms with Gasteiger partial charge in [-0.3, -0.25) is 19.5 Å². The number of ether oxygens (including phenoxy) is 1. The van der Waals surface area contributed by atoms with Crippen molar-refractivity contribution in [1.29, 1.82) is 0 Å². The fourth-order valence-electron chi connectivity index (χ4n) is 3.91. The molecular formula is C27H27N3O3. The molecular weight excluding hydrogens is 414 g/mol. The van der Waals surface area contributed by atoms with Gasteiger partial charge < -0.3 is 10.1 Å². The zero-order valence-electron chi connectivity index (χ0n) is 19.1. The van der Waals surface area contributed by atoms with Crippen LogP contribution in [0.2, 0.25) is 0 Å². The number of carbonyl (C=O) groups is 2. The van der Waals surface area contributed by atoms with E-state index in [9.17, 15) is 9.59 Å². The predicted molar refractivity (Wildman–Crippen MR) is 128 cm³/mol. The number of benzene rings is 2. The van der Waals surface area contributed by atoms with Gasteiger partial charge in [0.2, 0.25) is 0 Å². The van der Waals surface area contributed by atoms with Gasteiger partial charge in [-0.25, -0.2) is 0 Å². The third kappa shape index (κ3) is 4.95. The molecule has 0 unspecified atom stereocenters. The summed E-state index contributed by atoms with van der Waals surface area (Å²) in [5.74, 6) is 0.0382. The van der Waals surface area contributed by atoms with Gasteiger partial charge in [0.15, 0.2) is 0 Å². The van der Waals surface area contributed by atoms with Gasteiger partial charge in [0.05, 0.1) is 18.7 Å². The smallest absolute Gasteiger partial charge is 0.278 e. The maximum absolute atomic E-state index is 13.5. The molecule has 0 fully saturated rings. The number of rotatable bonds is 8. The van der Waals surface area contributed by atoms with E-state index in [-0.39, 0.29) is 24.1 Å².